The normalized spacial score (nSPS) is 10.2. The van der Waals surface area contributed by atoms with Crippen LogP contribution in [0.15, 0.2) is 48.5 Å². The first-order valence-corrected chi connectivity index (χ1v) is 6.54. The maximum Gasteiger partial charge on any atom is 0.0682 e. The average molecular weight is 339 g/mol. The fourth-order valence-electron chi connectivity index (χ4n) is 1.63. The van der Waals surface area contributed by atoms with Gasteiger partial charge in [-0.1, -0.05) is 24.3 Å². The van der Waals surface area contributed by atoms with Crippen molar-refractivity contribution in [3.8, 4) is 0 Å². The molecule has 0 saturated heterocycles. The van der Waals surface area contributed by atoms with E-state index in [0.717, 1.165) is 17.8 Å². The molecule has 0 aliphatic rings. The molecule has 0 aliphatic carbocycles. The number of hydrogen-bond acceptors (Lipinski definition) is 2. The molecule has 0 aromatic heterocycles. The lowest BCUT2D eigenvalue weighted by Gasteiger charge is -2.08. The Kier molecular flexibility index (Phi) is 4.39. The monoisotopic (exact) mass is 339 g/mol. The topological polar surface area (TPSA) is 32.3 Å². The molecule has 0 amide bonds. The molecular formula is C14H14INO. The van der Waals surface area contributed by atoms with Gasteiger partial charge in [-0.2, -0.15) is 0 Å². The summed E-state index contributed by atoms with van der Waals surface area (Å²) in [4.78, 5) is 0. The Morgan fingerprint density at radius 2 is 1.76 bits per heavy atom. The van der Waals surface area contributed by atoms with Crippen LogP contribution in [-0.4, -0.2) is 5.11 Å². The van der Waals surface area contributed by atoms with Gasteiger partial charge in [0.05, 0.1) is 6.61 Å². The van der Waals surface area contributed by atoms with Gasteiger partial charge in [0.25, 0.3) is 0 Å². The molecule has 2 N–H and O–H groups in total. The zero-order valence-corrected chi connectivity index (χ0v) is 11.5. The van der Waals surface area contributed by atoms with Crippen molar-refractivity contribution >= 4 is 28.3 Å². The predicted molar refractivity (Wildman–Crippen MR) is 78.9 cm³/mol. The third-order valence-electron chi connectivity index (χ3n) is 2.50. The zero-order valence-electron chi connectivity index (χ0n) is 9.36. The summed E-state index contributed by atoms with van der Waals surface area (Å²) in [6.45, 7) is 0.879. The molecule has 88 valence electrons. The minimum Gasteiger partial charge on any atom is -0.392 e. The fourth-order valence-corrected chi connectivity index (χ4v) is 2.24. The molecule has 0 saturated carbocycles. The number of benzene rings is 2. The van der Waals surface area contributed by atoms with E-state index < -0.39 is 0 Å². The van der Waals surface area contributed by atoms with Gasteiger partial charge in [0.15, 0.2) is 0 Å². The summed E-state index contributed by atoms with van der Waals surface area (Å²) in [7, 11) is 0. The van der Waals surface area contributed by atoms with Crippen LogP contribution in [0.1, 0.15) is 11.1 Å². The van der Waals surface area contributed by atoms with Crippen molar-refractivity contribution in [3.63, 3.8) is 0 Å². The highest BCUT2D eigenvalue weighted by atomic mass is 127. The Morgan fingerprint density at radius 3 is 2.53 bits per heavy atom. The van der Waals surface area contributed by atoms with Crippen molar-refractivity contribution in [1.29, 1.82) is 0 Å². The van der Waals surface area contributed by atoms with Gasteiger partial charge in [-0.05, 0) is 58.0 Å². The second-order valence-electron chi connectivity index (χ2n) is 3.84. The number of rotatable bonds is 4. The number of halogens is 1. The minimum atomic E-state index is 0.0821. The summed E-state index contributed by atoms with van der Waals surface area (Å²) in [5.41, 5.74) is 3.22. The molecule has 2 aromatic carbocycles. The van der Waals surface area contributed by atoms with Crippen LogP contribution < -0.4 is 5.32 Å². The molecule has 0 bridgehead atoms. The van der Waals surface area contributed by atoms with E-state index in [-0.39, 0.29) is 6.61 Å². The summed E-state index contributed by atoms with van der Waals surface area (Å²) in [6.07, 6.45) is 0. The van der Waals surface area contributed by atoms with Crippen molar-refractivity contribution in [1.82, 2.24) is 0 Å². The lowest BCUT2D eigenvalue weighted by atomic mass is 10.2. The van der Waals surface area contributed by atoms with E-state index in [1.54, 1.807) is 0 Å². The van der Waals surface area contributed by atoms with E-state index in [1.807, 2.05) is 24.3 Å². The van der Waals surface area contributed by atoms with Gasteiger partial charge in [0.1, 0.15) is 0 Å². The Balaban J connectivity index is 2.02. The molecular weight excluding hydrogens is 325 g/mol. The van der Waals surface area contributed by atoms with E-state index >= 15 is 0 Å². The predicted octanol–water partition coefficient (Wildman–Crippen LogP) is 3.40. The number of aliphatic hydroxyl groups excluding tert-OH is 1. The number of anilines is 1. The number of hydrogen-bond donors (Lipinski definition) is 2. The highest BCUT2D eigenvalue weighted by Gasteiger charge is 1.96. The molecule has 0 atom stereocenters. The molecule has 0 spiro atoms. The Hall–Kier alpha value is -1.07. The number of nitrogens with one attached hydrogen (secondary N) is 1. The lowest BCUT2D eigenvalue weighted by Crippen LogP contribution is -2.00. The molecule has 2 rings (SSSR count). The second-order valence-corrected chi connectivity index (χ2v) is 5.09. The van der Waals surface area contributed by atoms with Crippen LogP contribution in [0.3, 0.4) is 0 Å². The fraction of sp³-hybridized carbons (Fsp3) is 0.143. The van der Waals surface area contributed by atoms with E-state index in [0.29, 0.717) is 0 Å². The highest BCUT2D eigenvalue weighted by Crippen LogP contribution is 2.13. The quantitative estimate of drug-likeness (QED) is 0.837. The summed E-state index contributed by atoms with van der Waals surface area (Å²) in [5, 5.41) is 12.4. The van der Waals surface area contributed by atoms with E-state index in [1.165, 1.54) is 9.13 Å². The smallest absolute Gasteiger partial charge is 0.0682 e. The number of aliphatic hydroxyl groups is 1. The van der Waals surface area contributed by atoms with Gasteiger partial charge in [0.2, 0.25) is 0 Å². The summed E-state index contributed by atoms with van der Waals surface area (Å²) < 4.78 is 1.24. The van der Waals surface area contributed by atoms with Crippen LogP contribution in [0.2, 0.25) is 0 Å². The zero-order chi connectivity index (χ0) is 12.1. The molecule has 2 aromatic rings. The van der Waals surface area contributed by atoms with Crippen LogP contribution in [0.25, 0.3) is 0 Å². The SMILES string of the molecule is OCc1cccc(NCc2cccc(I)c2)c1. The molecule has 0 radical (unpaired) electrons. The van der Waals surface area contributed by atoms with Gasteiger partial charge in [0, 0.05) is 15.8 Å². The third-order valence-corrected chi connectivity index (χ3v) is 3.17. The first kappa shape index (κ1) is 12.4. The van der Waals surface area contributed by atoms with E-state index in [9.17, 15) is 0 Å². The standard InChI is InChI=1S/C14H14INO/c15-13-5-1-3-11(7-13)9-16-14-6-2-4-12(8-14)10-17/h1-8,16-17H,9-10H2. The van der Waals surface area contributed by atoms with Crippen molar-refractivity contribution in [2.24, 2.45) is 0 Å². The van der Waals surface area contributed by atoms with Crippen LogP contribution in [0, 0.1) is 3.57 Å². The first-order chi connectivity index (χ1) is 8.28. The molecule has 2 nitrogen and oxygen atoms in total. The molecule has 0 heterocycles. The summed E-state index contributed by atoms with van der Waals surface area (Å²) in [5.74, 6) is 0. The second kappa shape index (κ2) is 6.02. The average Bonchev–Trinajstić information content (AvgIpc) is 2.37. The molecule has 0 fully saturated rings. The Labute approximate surface area is 115 Å². The van der Waals surface area contributed by atoms with E-state index in [4.69, 9.17) is 5.11 Å². The summed E-state index contributed by atoms with van der Waals surface area (Å²) in [6, 6.07) is 16.2. The van der Waals surface area contributed by atoms with Crippen LogP contribution >= 0.6 is 22.6 Å². The van der Waals surface area contributed by atoms with Gasteiger partial charge >= 0.3 is 0 Å². The maximum absolute atomic E-state index is 9.05. The van der Waals surface area contributed by atoms with Crippen LogP contribution in [0.4, 0.5) is 5.69 Å². The Bertz CT molecular complexity index is 499. The Morgan fingerprint density at radius 1 is 1.00 bits per heavy atom. The third kappa shape index (κ3) is 3.71. The van der Waals surface area contributed by atoms with Gasteiger partial charge in [-0.15, -0.1) is 0 Å². The highest BCUT2D eigenvalue weighted by molar-refractivity contribution is 14.1. The maximum atomic E-state index is 9.05. The van der Waals surface area contributed by atoms with Gasteiger partial charge in [-0.3, -0.25) is 0 Å². The van der Waals surface area contributed by atoms with Crippen LogP contribution in [0.5, 0.6) is 0 Å². The first-order valence-electron chi connectivity index (χ1n) is 5.46. The van der Waals surface area contributed by atoms with Crippen molar-refractivity contribution in [3.05, 3.63) is 63.2 Å². The van der Waals surface area contributed by atoms with Gasteiger partial charge < -0.3 is 10.4 Å². The lowest BCUT2D eigenvalue weighted by molar-refractivity contribution is 0.282. The molecule has 17 heavy (non-hydrogen) atoms. The molecule has 0 unspecified atom stereocenters. The van der Waals surface area contributed by atoms with Gasteiger partial charge in [-0.25, -0.2) is 0 Å². The van der Waals surface area contributed by atoms with Crippen molar-refractivity contribution in [2.75, 3.05) is 5.32 Å². The molecule has 0 aliphatic heterocycles. The van der Waals surface area contributed by atoms with Crippen molar-refractivity contribution < 1.29 is 5.11 Å². The van der Waals surface area contributed by atoms with Crippen LogP contribution in [-0.2, 0) is 13.2 Å². The summed E-state index contributed by atoms with van der Waals surface area (Å²) >= 11 is 2.31. The van der Waals surface area contributed by atoms with E-state index in [2.05, 4.69) is 52.2 Å². The van der Waals surface area contributed by atoms with Crippen molar-refractivity contribution in [2.45, 2.75) is 13.2 Å². The minimum absolute atomic E-state index is 0.0821. The largest absolute Gasteiger partial charge is 0.392 e. The molecule has 3 heteroatoms.